The molecule has 21 heavy (non-hydrogen) atoms. The fourth-order valence-electron chi connectivity index (χ4n) is 3.28. The van der Waals surface area contributed by atoms with Gasteiger partial charge in [-0.2, -0.15) is 9.40 Å². The summed E-state index contributed by atoms with van der Waals surface area (Å²) in [5.41, 5.74) is 0.142. The van der Waals surface area contributed by atoms with Crippen LogP contribution in [0.25, 0.3) is 0 Å². The van der Waals surface area contributed by atoms with E-state index in [-0.39, 0.29) is 27.9 Å². The van der Waals surface area contributed by atoms with Gasteiger partial charge in [0, 0.05) is 20.1 Å². The Kier molecular flexibility index (Phi) is 4.90. The molecule has 3 rings (SSSR count). The van der Waals surface area contributed by atoms with Gasteiger partial charge in [-0.05, 0) is 37.8 Å². The molecule has 0 radical (unpaired) electrons. The molecule has 9 heteroatoms. The molecule has 0 amide bonds. The Balaban J connectivity index is 0.00000161. The average Bonchev–Trinajstić information content (AvgIpc) is 2.96. The predicted octanol–water partition coefficient (Wildman–Crippen LogP) is 1.26. The zero-order valence-electron chi connectivity index (χ0n) is 11.9. The quantitative estimate of drug-likeness (QED) is 0.867. The minimum absolute atomic E-state index is 0. The van der Waals surface area contributed by atoms with Gasteiger partial charge in [0.25, 0.3) is 10.0 Å². The van der Waals surface area contributed by atoms with Crippen LogP contribution in [0.15, 0.2) is 11.2 Å². The van der Waals surface area contributed by atoms with E-state index in [1.165, 1.54) is 10.9 Å². The molecule has 3 heterocycles. The van der Waals surface area contributed by atoms with Crippen molar-refractivity contribution in [3.63, 3.8) is 0 Å². The Morgan fingerprint density at radius 3 is 2.57 bits per heavy atom. The van der Waals surface area contributed by atoms with Crippen molar-refractivity contribution >= 4 is 34.0 Å². The first kappa shape index (κ1) is 17.0. The largest absolute Gasteiger partial charge is 0.317 e. The molecule has 0 atom stereocenters. The van der Waals surface area contributed by atoms with Crippen LogP contribution < -0.4 is 5.32 Å². The van der Waals surface area contributed by atoms with Crippen LogP contribution in [0.1, 0.15) is 19.3 Å². The van der Waals surface area contributed by atoms with E-state index in [0.29, 0.717) is 13.1 Å². The Morgan fingerprint density at radius 2 is 2.00 bits per heavy atom. The van der Waals surface area contributed by atoms with Crippen LogP contribution in [0, 0.1) is 5.41 Å². The van der Waals surface area contributed by atoms with Crippen LogP contribution >= 0.6 is 24.0 Å². The number of aryl methyl sites for hydroxylation is 1. The van der Waals surface area contributed by atoms with Crippen molar-refractivity contribution in [2.24, 2.45) is 12.5 Å². The van der Waals surface area contributed by atoms with Gasteiger partial charge in [-0.1, -0.05) is 11.6 Å². The number of piperidine rings is 1. The summed E-state index contributed by atoms with van der Waals surface area (Å²) in [6.07, 6.45) is 4.39. The smallest absolute Gasteiger partial charge is 0.261 e. The first-order valence-electron chi connectivity index (χ1n) is 6.83. The van der Waals surface area contributed by atoms with Gasteiger partial charge in [-0.25, -0.2) is 8.42 Å². The molecule has 0 saturated carbocycles. The van der Waals surface area contributed by atoms with Gasteiger partial charge in [-0.15, -0.1) is 12.4 Å². The van der Waals surface area contributed by atoms with Crippen molar-refractivity contribution in [1.82, 2.24) is 19.4 Å². The van der Waals surface area contributed by atoms with E-state index in [2.05, 4.69) is 10.4 Å². The molecule has 0 unspecified atom stereocenters. The van der Waals surface area contributed by atoms with Gasteiger partial charge >= 0.3 is 0 Å². The fraction of sp³-hybridized carbons (Fsp3) is 0.750. The molecular formula is C12H20Cl2N4O2S. The monoisotopic (exact) mass is 354 g/mol. The average molecular weight is 355 g/mol. The third-order valence-corrected chi connectivity index (χ3v) is 6.85. The highest BCUT2D eigenvalue weighted by Crippen LogP contribution is 2.41. The number of hydrogen-bond donors (Lipinski definition) is 1. The number of nitrogens with one attached hydrogen (secondary N) is 1. The first-order chi connectivity index (χ1) is 9.45. The number of nitrogens with zero attached hydrogens (tertiary/aromatic N) is 3. The Labute approximate surface area is 136 Å². The lowest BCUT2D eigenvalue weighted by atomic mass is 9.78. The van der Waals surface area contributed by atoms with Crippen molar-refractivity contribution in [1.29, 1.82) is 0 Å². The lowest BCUT2D eigenvalue weighted by Gasteiger charge is -2.33. The highest BCUT2D eigenvalue weighted by atomic mass is 35.5. The van der Waals surface area contributed by atoms with Gasteiger partial charge < -0.3 is 5.32 Å². The molecule has 0 bridgehead atoms. The molecule has 6 nitrogen and oxygen atoms in total. The standard InChI is InChI=1S/C12H19ClN4O2S.ClH/c1-16-11(10(13)8-15-16)20(18,19)17-7-4-12(9-17)2-5-14-6-3-12;/h8,14H,2-7,9H2,1H3;1H. The summed E-state index contributed by atoms with van der Waals surface area (Å²) in [6, 6.07) is 0. The zero-order chi connectivity index (χ0) is 14.4. The van der Waals surface area contributed by atoms with Gasteiger partial charge in [0.2, 0.25) is 0 Å². The minimum Gasteiger partial charge on any atom is -0.317 e. The van der Waals surface area contributed by atoms with Gasteiger partial charge in [0.15, 0.2) is 5.03 Å². The second kappa shape index (κ2) is 6.04. The molecule has 0 aliphatic carbocycles. The van der Waals surface area contributed by atoms with Crippen LogP contribution in [-0.4, -0.2) is 48.7 Å². The summed E-state index contributed by atoms with van der Waals surface area (Å²) in [5, 5.41) is 7.55. The van der Waals surface area contributed by atoms with Crippen molar-refractivity contribution in [2.45, 2.75) is 24.3 Å². The Morgan fingerprint density at radius 1 is 1.33 bits per heavy atom. The third-order valence-electron chi connectivity index (χ3n) is 4.49. The molecule has 2 saturated heterocycles. The third kappa shape index (κ3) is 2.94. The SMILES string of the molecule is Cl.Cn1ncc(Cl)c1S(=O)(=O)N1CCC2(CCNCC2)C1. The number of aromatic nitrogens is 2. The molecule has 2 aliphatic heterocycles. The highest BCUT2D eigenvalue weighted by Gasteiger charge is 2.44. The van der Waals surface area contributed by atoms with Crippen molar-refractivity contribution < 1.29 is 8.42 Å². The highest BCUT2D eigenvalue weighted by molar-refractivity contribution is 7.89. The van der Waals surface area contributed by atoms with Crippen molar-refractivity contribution in [2.75, 3.05) is 26.2 Å². The van der Waals surface area contributed by atoms with Gasteiger partial charge in [0.05, 0.1) is 11.2 Å². The van der Waals surface area contributed by atoms with Crippen molar-refractivity contribution in [3.05, 3.63) is 11.2 Å². The van der Waals surface area contributed by atoms with E-state index in [9.17, 15) is 8.42 Å². The predicted molar refractivity (Wildman–Crippen MR) is 83.4 cm³/mol. The summed E-state index contributed by atoms with van der Waals surface area (Å²) >= 11 is 5.99. The van der Waals surface area contributed by atoms with E-state index in [4.69, 9.17) is 11.6 Å². The van der Waals surface area contributed by atoms with Crippen LogP contribution in [0.3, 0.4) is 0 Å². The van der Waals surface area contributed by atoms with Crippen LogP contribution in [0.2, 0.25) is 5.02 Å². The topological polar surface area (TPSA) is 67.2 Å². The molecule has 2 fully saturated rings. The molecule has 1 aromatic rings. The van der Waals surface area contributed by atoms with Crippen LogP contribution in [0.4, 0.5) is 0 Å². The van der Waals surface area contributed by atoms with E-state index in [0.717, 1.165) is 32.4 Å². The molecular weight excluding hydrogens is 335 g/mol. The van der Waals surface area contributed by atoms with Gasteiger partial charge in [0.1, 0.15) is 0 Å². The second-order valence-corrected chi connectivity index (χ2v) is 8.02. The Bertz CT molecular complexity index is 591. The van der Waals surface area contributed by atoms with E-state index >= 15 is 0 Å². The minimum atomic E-state index is -3.55. The number of sulfonamides is 1. The maximum absolute atomic E-state index is 12.7. The van der Waals surface area contributed by atoms with Crippen LogP contribution in [-0.2, 0) is 17.1 Å². The Hall–Kier alpha value is -0.340. The first-order valence-corrected chi connectivity index (χ1v) is 8.65. The molecule has 1 N–H and O–H groups in total. The van der Waals surface area contributed by atoms with E-state index in [1.54, 1.807) is 11.4 Å². The van der Waals surface area contributed by atoms with Crippen LogP contribution in [0.5, 0.6) is 0 Å². The van der Waals surface area contributed by atoms with Crippen molar-refractivity contribution in [3.8, 4) is 0 Å². The summed E-state index contributed by atoms with van der Waals surface area (Å²) < 4.78 is 28.4. The maximum atomic E-state index is 12.7. The lowest BCUT2D eigenvalue weighted by Crippen LogP contribution is -2.40. The number of hydrogen-bond acceptors (Lipinski definition) is 4. The molecule has 1 spiro atoms. The number of rotatable bonds is 2. The number of halogens is 2. The molecule has 2 aliphatic rings. The fourth-order valence-corrected chi connectivity index (χ4v) is 5.44. The molecule has 1 aromatic heterocycles. The maximum Gasteiger partial charge on any atom is 0.261 e. The summed E-state index contributed by atoms with van der Waals surface area (Å²) in [6.45, 7) is 3.11. The van der Waals surface area contributed by atoms with E-state index in [1.807, 2.05) is 0 Å². The van der Waals surface area contributed by atoms with E-state index < -0.39 is 10.0 Å². The molecule has 0 aromatic carbocycles. The molecule has 120 valence electrons. The summed E-state index contributed by atoms with van der Waals surface area (Å²) in [5.74, 6) is 0. The summed E-state index contributed by atoms with van der Waals surface area (Å²) in [4.78, 5) is 0. The summed E-state index contributed by atoms with van der Waals surface area (Å²) in [7, 11) is -1.94. The normalized spacial score (nSPS) is 22.4. The lowest BCUT2D eigenvalue weighted by molar-refractivity contribution is 0.218. The zero-order valence-corrected chi connectivity index (χ0v) is 14.3. The van der Waals surface area contributed by atoms with Gasteiger partial charge in [-0.3, -0.25) is 4.68 Å². The second-order valence-electron chi connectivity index (χ2n) is 5.76.